The lowest BCUT2D eigenvalue weighted by Gasteiger charge is -2.03. The number of halogens is 1. The van der Waals surface area contributed by atoms with Crippen molar-refractivity contribution in [3.63, 3.8) is 0 Å². The molecule has 2 rings (SSSR count). The molecule has 0 aromatic heterocycles. The van der Waals surface area contributed by atoms with E-state index >= 15 is 0 Å². The van der Waals surface area contributed by atoms with Gasteiger partial charge in [-0.1, -0.05) is 6.07 Å². The SMILES string of the molecule is Cc1c(I)cccc1N=C(N)C1CC1. The molecule has 2 N–H and O–H groups in total. The molecule has 0 heterocycles. The van der Waals surface area contributed by atoms with Gasteiger partial charge in [0.05, 0.1) is 5.69 Å². The monoisotopic (exact) mass is 300 g/mol. The number of hydrogen-bond acceptors (Lipinski definition) is 1. The van der Waals surface area contributed by atoms with E-state index in [0.717, 1.165) is 11.5 Å². The quantitative estimate of drug-likeness (QED) is 0.509. The summed E-state index contributed by atoms with van der Waals surface area (Å²) in [5.74, 6) is 1.35. The molecule has 1 saturated carbocycles. The second kappa shape index (κ2) is 3.88. The minimum Gasteiger partial charge on any atom is -0.387 e. The number of rotatable bonds is 2. The Morgan fingerprint density at radius 3 is 2.86 bits per heavy atom. The van der Waals surface area contributed by atoms with Crippen molar-refractivity contribution >= 4 is 34.1 Å². The Hall–Kier alpha value is -0.580. The molecule has 0 saturated heterocycles. The zero-order valence-electron chi connectivity index (χ0n) is 8.13. The van der Waals surface area contributed by atoms with Gasteiger partial charge < -0.3 is 5.73 Å². The lowest BCUT2D eigenvalue weighted by atomic mass is 10.2. The molecule has 1 aromatic rings. The van der Waals surface area contributed by atoms with E-state index in [2.05, 4.69) is 40.6 Å². The van der Waals surface area contributed by atoms with E-state index < -0.39 is 0 Å². The maximum Gasteiger partial charge on any atom is 0.103 e. The van der Waals surface area contributed by atoms with Gasteiger partial charge in [0.25, 0.3) is 0 Å². The van der Waals surface area contributed by atoms with Crippen molar-refractivity contribution in [3.8, 4) is 0 Å². The van der Waals surface area contributed by atoms with Gasteiger partial charge in [0, 0.05) is 9.49 Å². The summed E-state index contributed by atoms with van der Waals surface area (Å²) in [6.07, 6.45) is 2.41. The van der Waals surface area contributed by atoms with Crippen LogP contribution in [-0.4, -0.2) is 5.84 Å². The first kappa shape index (κ1) is 9.96. The van der Waals surface area contributed by atoms with Gasteiger partial charge in [-0.2, -0.15) is 0 Å². The first-order valence-corrected chi connectivity index (χ1v) is 5.85. The molecular formula is C11H13IN2. The molecule has 1 aliphatic rings. The third kappa shape index (κ3) is 2.08. The number of nitrogens with two attached hydrogens (primary N) is 1. The number of amidine groups is 1. The minimum absolute atomic E-state index is 0.548. The molecule has 0 amide bonds. The highest BCUT2D eigenvalue weighted by atomic mass is 127. The van der Waals surface area contributed by atoms with Gasteiger partial charge in [0.15, 0.2) is 0 Å². The second-order valence-corrected chi connectivity index (χ2v) is 4.86. The maximum absolute atomic E-state index is 5.88. The van der Waals surface area contributed by atoms with Gasteiger partial charge in [-0.3, -0.25) is 0 Å². The molecule has 2 nitrogen and oxygen atoms in total. The van der Waals surface area contributed by atoms with Gasteiger partial charge in [-0.15, -0.1) is 0 Å². The van der Waals surface area contributed by atoms with Crippen LogP contribution in [0.1, 0.15) is 18.4 Å². The molecule has 3 heteroatoms. The van der Waals surface area contributed by atoms with Crippen LogP contribution in [0.2, 0.25) is 0 Å². The summed E-state index contributed by atoms with van der Waals surface area (Å²) in [5.41, 5.74) is 8.11. The van der Waals surface area contributed by atoms with E-state index in [1.54, 1.807) is 0 Å². The van der Waals surface area contributed by atoms with Crippen LogP contribution >= 0.6 is 22.6 Å². The standard InChI is InChI=1S/C11H13IN2/c1-7-9(12)3-2-4-10(7)14-11(13)8-5-6-8/h2-4,8H,5-6H2,1H3,(H2,13,14). The molecule has 1 aromatic carbocycles. The van der Waals surface area contributed by atoms with Crippen molar-refractivity contribution < 1.29 is 0 Å². The third-order valence-electron chi connectivity index (χ3n) is 2.48. The smallest absolute Gasteiger partial charge is 0.103 e. The molecule has 0 spiro atoms. The van der Waals surface area contributed by atoms with Crippen molar-refractivity contribution in [2.45, 2.75) is 19.8 Å². The average molecular weight is 300 g/mol. The van der Waals surface area contributed by atoms with Crippen molar-refractivity contribution in [2.75, 3.05) is 0 Å². The van der Waals surface area contributed by atoms with E-state index in [1.807, 2.05) is 12.1 Å². The predicted octanol–water partition coefficient (Wildman–Crippen LogP) is 3.00. The normalized spacial score (nSPS) is 17.1. The van der Waals surface area contributed by atoms with Crippen LogP contribution in [0.3, 0.4) is 0 Å². The number of benzene rings is 1. The van der Waals surface area contributed by atoms with Crippen LogP contribution in [0, 0.1) is 16.4 Å². The topological polar surface area (TPSA) is 38.4 Å². The lowest BCUT2D eigenvalue weighted by Crippen LogP contribution is -2.13. The third-order valence-corrected chi connectivity index (χ3v) is 3.65. The highest BCUT2D eigenvalue weighted by Gasteiger charge is 2.25. The van der Waals surface area contributed by atoms with E-state index in [4.69, 9.17) is 5.73 Å². The molecule has 0 bridgehead atoms. The number of hydrogen-bond donors (Lipinski definition) is 1. The van der Waals surface area contributed by atoms with Gasteiger partial charge >= 0.3 is 0 Å². The van der Waals surface area contributed by atoms with Crippen LogP contribution in [0.4, 0.5) is 5.69 Å². The number of aliphatic imine (C=N–C) groups is 1. The summed E-state index contributed by atoms with van der Waals surface area (Å²) in [6.45, 7) is 2.08. The highest BCUT2D eigenvalue weighted by Crippen LogP contribution is 2.31. The molecule has 0 unspecified atom stereocenters. The van der Waals surface area contributed by atoms with Crippen molar-refractivity contribution in [1.29, 1.82) is 0 Å². The fourth-order valence-electron chi connectivity index (χ4n) is 1.33. The summed E-state index contributed by atoms with van der Waals surface area (Å²) >= 11 is 2.32. The zero-order valence-corrected chi connectivity index (χ0v) is 10.3. The molecule has 14 heavy (non-hydrogen) atoms. The molecular weight excluding hydrogens is 287 g/mol. The van der Waals surface area contributed by atoms with Gasteiger partial charge in [0.2, 0.25) is 0 Å². The van der Waals surface area contributed by atoms with E-state index in [0.29, 0.717) is 5.92 Å². The molecule has 1 aliphatic carbocycles. The van der Waals surface area contributed by atoms with Crippen molar-refractivity contribution in [1.82, 2.24) is 0 Å². The van der Waals surface area contributed by atoms with Crippen LogP contribution in [0.15, 0.2) is 23.2 Å². The van der Waals surface area contributed by atoms with Crippen LogP contribution in [-0.2, 0) is 0 Å². The predicted molar refractivity (Wildman–Crippen MR) is 67.9 cm³/mol. The van der Waals surface area contributed by atoms with Crippen molar-refractivity contribution in [3.05, 3.63) is 27.3 Å². The maximum atomic E-state index is 5.88. The van der Waals surface area contributed by atoms with Crippen LogP contribution < -0.4 is 5.73 Å². The fourth-order valence-corrected chi connectivity index (χ4v) is 1.81. The first-order valence-electron chi connectivity index (χ1n) is 4.77. The summed E-state index contributed by atoms with van der Waals surface area (Å²) in [6, 6.07) is 6.13. The molecule has 74 valence electrons. The Kier molecular flexibility index (Phi) is 2.76. The number of nitrogens with zero attached hydrogens (tertiary/aromatic N) is 1. The van der Waals surface area contributed by atoms with E-state index in [1.165, 1.54) is 22.0 Å². The van der Waals surface area contributed by atoms with Gasteiger partial charge in [-0.05, 0) is 60.1 Å². The van der Waals surface area contributed by atoms with Crippen LogP contribution in [0.5, 0.6) is 0 Å². The summed E-state index contributed by atoms with van der Waals surface area (Å²) in [4.78, 5) is 4.47. The molecule has 0 radical (unpaired) electrons. The summed E-state index contributed by atoms with van der Waals surface area (Å²) in [7, 11) is 0. The Morgan fingerprint density at radius 2 is 2.21 bits per heavy atom. The largest absolute Gasteiger partial charge is 0.387 e. The summed E-state index contributed by atoms with van der Waals surface area (Å²) in [5, 5.41) is 0. The van der Waals surface area contributed by atoms with E-state index in [9.17, 15) is 0 Å². The van der Waals surface area contributed by atoms with E-state index in [-0.39, 0.29) is 0 Å². The van der Waals surface area contributed by atoms with Crippen molar-refractivity contribution in [2.24, 2.45) is 16.6 Å². The first-order chi connectivity index (χ1) is 6.68. The summed E-state index contributed by atoms with van der Waals surface area (Å²) < 4.78 is 1.24. The molecule has 0 aliphatic heterocycles. The Morgan fingerprint density at radius 1 is 1.50 bits per heavy atom. The molecule has 1 fully saturated rings. The molecule has 0 atom stereocenters. The fraction of sp³-hybridized carbons (Fsp3) is 0.364. The highest BCUT2D eigenvalue weighted by molar-refractivity contribution is 14.1. The Balaban J connectivity index is 2.31. The van der Waals surface area contributed by atoms with Crippen LogP contribution in [0.25, 0.3) is 0 Å². The zero-order chi connectivity index (χ0) is 10.1. The Labute approximate surface area is 97.7 Å². The second-order valence-electron chi connectivity index (χ2n) is 3.69. The Bertz CT molecular complexity index is 381. The lowest BCUT2D eigenvalue weighted by molar-refractivity contribution is 1.15. The van der Waals surface area contributed by atoms with Gasteiger partial charge in [0.1, 0.15) is 5.84 Å². The van der Waals surface area contributed by atoms with Gasteiger partial charge in [-0.25, -0.2) is 4.99 Å². The average Bonchev–Trinajstić information content (AvgIpc) is 2.95. The minimum atomic E-state index is 0.548.